The summed E-state index contributed by atoms with van der Waals surface area (Å²) in [7, 11) is 0. The van der Waals surface area contributed by atoms with Crippen molar-refractivity contribution in [2.75, 3.05) is 37.6 Å². The average Bonchev–Trinajstić information content (AvgIpc) is 3.34. The van der Waals surface area contributed by atoms with Crippen LogP contribution in [0.3, 0.4) is 0 Å². The Hall–Kier alpha value is -3.30. The smallest absolute Gasteiger partial charge is 0.294 e. The molecule has 2 saturated heterocycles. The summed E-state index contributed by atoms with van der Waals surface area (Å²) in [6, 6.07) is 18.3. The fourth-order valence-electron chi connectivity index (χ4n) is 4.96. The highest BCUT2D eigenvalue weighted by Gasteiger charge is 2.37. The van der Waals surface area contributed by atoms with Crippen molar-refractivity contribution >= 4 is 56.5 Å². The third-order valence-electron chi connectivity index (χ3n) is 7.08. The SMILES string of the molecule is Cc1cc(-n2c(C)cc(/C=C3/SC(=O)N(CC(=O)N4CCN(c5ccccc5)CC4)C3=O)c2C)ccc1Br. The van der Waals surface area contributed by atoms with E-state index in [9.17, 15) is 14.4 Å². The fourth-order valence-corrected chi connectivity index (χ4v) is 6.04. The summed E-state index contributed by atoms with van der Waals surface area (Å²) in [5.41, 5.74) is 6.17. The number of aryl methyl sites for hydroxylation is 2. The second-order valence-corrected chi connectivity index (χ2v) is 11.4. The Morgan fingerprint density at radius 3 is 2.34 bits per heavy atom. The van der Waals surface area contributed by atoms with Crippen LogP contribution in [0.25, 0.3) is 11.8 Å². The number of nitrogens with zero attached hydrogens (tertiary/aromatic N) is 4. The number of carbonyl (C=O) groups excluding carboxylic acids is 3. The zero-order chi connectivity index (χ0) is 27.0. The number of rotatable bonds is 5. The fraction of sp³-hybridized carbons (Fsp3) is 0.276. The number of aromatic nitrogens is 1. The maximum atomic E-state index is 13.2. The van der Waals surface area contributed by atoms with Gasteiger partial charge in [-0.2, -0.15) is 0 Å². The van der Waals surface area contributed by atoms with E-state index in [0.717, 1.165) is 55.0 Å². The molecule has 38 heavy (non-hydrogen) atoms. The van der Waals surface area contributed by atoms with Crippen molar-refractivity contribution in [1.82, 2.24) is 14.4 Å². The summed E-state index contributed by atoms with van der Waals surface area (Å²) in [5.74, 6) is -0.620. The van der Waals surface area contributed by atoms with Crippen LogP contribution in [0.5, 0.6) is 0 Å². The third-order valence-corrected chi connectivity index (χ3v) is 8.87. The molecule has 1 aromatic heterocycles. The third kappa shape index (κ3) is 5.17. The van der Waals surface area contributed by atoms with Gasteiger partial charge in [-0.3, -0.25) is 19.3 Å². The predicted octanol–water partition coefficient (Wildman–Crippen LogP) is 5.55. The second-order valence-electron chi connectivity index (χ2n) is 9.57. The molecule has 2 aliphatic heterocycles. The van der Waals surface area contributed by atoms with Crippen molar-refractivity contribution in [3.63, 3.8) is 0 Å². The summed E-state index contributed by atoms with van der Waals surface area (Å²) < 4.78 is 3.18. The Balaban J connectivity index is 1.27. The van der Waals surface area contributed by atoms with Crippen molar-refractivity contribution in [2.24, 2.45) is 0 Å². The average molecular weight is 594 g/mol. The molecule has 2 aliphatic rings. The predicted molar refractivity (Wildman–Crippen MR) is 156 cm³/mol. The van der Waals surface area contributed by atoms with E-state index >= 15 is 0 Å². The molecule has 0 bridgehead atoms. The minimum Gasteiger partial charge on any atom is -0.368 e. The van der Waals surface area contributed by atoms with Crippen LogP contribution >= 0.6 is 27.7 Å². The number of hydrogen-bond acceptors (Lipinski definition) is 5. The minimum atomic E-state index is -0.416. The van der Waals surface area contributed by atoms with Gasteiger partial charge in [-0.1, -0.05) is 34.1 Å². The molecule has 196 valence electrons. The summed E-state index contributed by atoms with van der Waals surface area (Å²) in [5, 5.41) is -0.408. The van der Waals surface area contributed by atoms with Crippen LogP contribution in [0.15, 0.2) is 64.0 Å². The van der Waals surface area contributed by atoms with Crippen LogP contribution in [-0.2, 0) is 9.59 Å². The number of benzene rings is 2. The van der Waals surface area contributed by atoms with E-state index in [1.165, 1.54) is 0 Å². The number of para-hydroxylation sites is 1. The Labute approximate surface area is 235 Å². The normalized spacial score (nSPS) is 17.2. The second kappa shape index (κ2) is 10.8. The summed E-state index contributed by atoms with van der Waals surface area (Å²) in [4.78, 5) is 44.2. The van der Waals surface area contributed by atoms with E-state index in [-0.39, 0.29) is 12.5 Å². The number of thioether (sulfide) groups is 1. The van der Waals surface area contributed by atoms with Gasteiger partial charge in [0.25, 0.3) is 11.1 Å². The lowest BCUT2D eigenvalue weighted by molar-refractivity contribution is -0.136. The first-order chi connectivity index (χ1) is 18.2. The van der Waals surface area contributed by atoms with Crippen LogP contribution in [0.4, 0.5) is 10.5 Å². The lowest BCUT2D eigenvalue weighted by Crippen LogP contribution is -2.51. The molecular weight excluding hydrogens is 564 g/mol. The van der Waals surface area contributed by atoms with Crippen LogP contribution in [0.2, 0.25) is 0 Å². The first kappa shape index (κ1) is 26.3. The molecule has 3 aromatic rings. The highest BCUT2D eigenvalue weighted by molar-refractivity contribution is 9.10. The molecule has 0 saturated carbocycles. The van der Waals surface area contributed by atoms with Gasteiger partial charge in [0, 0.05) is 53.4 Å². The van der Waals surface area contributed by atoms with Gasteiger partial charge in [0.1, 0.15) is 6.54 Å². The molecule has 7 nitrogen and oxygen atoms in total. The number of imide groups is 1. The van der Waals surface area contributed by atoms with Crippen molar-refractivity contribution < 1.29 is 14.4 Å². The number of carbonyl (C=O) groups is 3. The Kier molecular flexibility index (Phi) is 7.49. The Morgan fingerprint density at radius 1 is 0.947 bits per heavy atom. The maximum absolute atomic E-state index is 13.2. The van der Waals surface area contributed by atoms with Crippen LogP contribution in [0.1, 0.15) is 22.5 Å². The van der Waals surface area contributed by atoms with Crippen LogP contribution in [-0.4, -0.2) is 64.1 Å². The number of amides is 3. The number of piperazine rings is 1. The monoisotopic (exact) mass is 592 g/mol. The molecule has 0 atom stereocenters. The highest BCUT2D eigenvalue weighted by atomic mass is 79.9. The van der Waals surface area contributed by atoms with E-state index < -0.39 is 11.1 Å². The minimum absolute atomic E-state index is 0.204. The van der Waals surface area contributed by atoms with Gasteiger partial charge in [0.05, 0.1) is 4.91 Å². The van der Waals surface area contributed by atoms with Crippen molar-refractivity contribution in [3.05, 3.63) is 86.5 Å². The van der Waals surface area contributed by atoms with E-state index in [0.29, 0.717) is 31.1 Å². The Bertz CT molecular complexity index is 1440. The van der Waals surface area contributed by atoms with Gasteiger partial charge in [0.15, 0.2) is 0 Å². The summed E-state index contributed by atoms with van der Waals surface area (Å²) in [6.45, 7) is 8.37. The van der Waals surface area contributed by atoms with Gasteiger partial charge in [-0.15, -0.1) is 0 Å². The lowest BCUT2D eigenvalue weighted by Gasteiger charge is -2.36. The lowest BCUT2D eigenvalue weighted by atomic mass is 10.2. The first-order valence-electron chi connectivity index (χ1n) is 12.5. The zero-order valence-corrected chi connectivity index (χ0v) is 24.0. The van der Waals surface area contributed by atoms with Gasteiger partial charge < -0.3 is 14.4 Å². The molecule has 0 radical (unpaired) electrons. The zero-order valence-electron chi connectivity index (χ0n) is 21.6. The van der Waals surface area contributed by atoms with E-state index in [2.05, 4.69) is 43.6 Å². The highest BCUT2D eigenvalue weighted by Crippen LogP contribution is 2.34. The number of halogens is 1. The molecule has 5 rings (SSSR count). The molecule has 0 spiro atoms. The van der Waals surface area contributed by atoms with Crippen LogP contribution in [0, 0.1) is 20.8 Å². The number of anilines is 1. The van der Waals surface area contributed by atoms with E-state index in [4.69, 9.17) is 0 Å². The standard InChI is InChI=1S/C29H29BrN4O3S/c1-19-15-24(9-10-25(19)30)34-20(2)16-22(21(34)3)17-26-28(36)33(29(37)38-26)18-27(35)32-13-11-31(12-14-32)23-7-5-4-6-8-23/h4-10,15-17H,11-14,18H2,1-3H3/b26-17+. The first-order valence-corrected chi connectivity index (χ1v) is 14.1. The summed E-state index contributed by atoms with van der Waals surface area (Å²) >= 11 is 4.44. The molecule has 2 fully saturated rings. The van der Waals surface area contributed by atoms with Crippen molar-refractivity contribution in [2.45, 2.75) is 20.8 Å². The van der Waals surface area contributed by atoms with E-state index in [1.54, 1.807) is 11.0 Å². The molecule has 3 amide bonds. The molecule has 0 aliphatic carbocycles. The molecule has 0 N–H and O–H groups in total. The number of hydrogen-bond donors (Lipinski definition) is 0. The van der Waals surface area contributed by atoms with Gasteiger partial charge in [0.2, 0.25) is 5.91 Å². The largest absolute Gasteiger partial charge is 0.368 e. The maximum Gasteiger partial charge on any atom is 0.294 e. The molecule has 3 heterocycles. The van der Waals surface area contributed by atoms with Gasteiger partial charge in [-0.05, 0) is 86.1 Å². The molecule has 2 aromatic carbocycles. The Morgan fingerprint density at radius 2 is 1.66 bits per heavy atom. The van der Waals surface area contributed by atoms with Gasteiger partial charge in [-0.25, -0.2) is 0 Å². The van der Waals surface area contributed by atoms with Crippen molar-refractivity contribution in [3.8, 4) is 5.69 Å². The quantitative estimate of drug-likeness (QED) is 0.363. The topological polar surface area (TPSA) is 65.9 Å². The van der Waals surface area contributed by atoms with Crippen LogP contribution < -0.4 is 4.90 Å². The summed E-state index contributed by atoms with van der Waals surface area (Å²) in [6.07, 6.45) is 1.76. The molecule has 9 heteroatoms. The van der Waals surface area contributed by atoms with Crippen molar-refractivity contribution in [1.29, 1.82) is 0 Å². The molecule has 0 unspecified atom stereocenters. The van der Waals surface area contributed by atoms with Gasteiger partial charge >= 0.3 is 0 Å². The van der Waals surface area contributed by atoms with E-state index in [1.807, 2.05) is 57.2 Å². The molecular formula is C29H29BrN4O3S.